The number of fused-ring (bicyclic) bond motifs is 1. The van der Waals surface area contributed by atoms with Crippen LogP contribution >= 0.6 is 0 Å². The van der Waals surface area contributed by atoms with E-state index in [1.54, 1.807) is 0 Å². The largest absolute Gasteiger partial charge is 0.393 e. The highest BCUT2D eigenvalue weighted by Crippen LogP contribution is 2.44. The van der Waals surface area contributed by atoms with E-state index >= 15 is 0 Å². The molecule has 0 bridgehead atoms. The second kappa shape index (κ2) is 4.41. The highest BCUT2D eigenvalue weighted by Gasteiger charge is 2.41. The zero-order valence-electron chi connectivity index (χ0n) is 10.5. The molecule has 2 aromatic rings. The topological polar surface area (TPSA) is 62.0 Å². The lowest BCUT2D eigenvalue weighted by molar-refractivity contribution is -0.0311. The first-order valence-electron chi connectivity index (χ1n) is 6.66. The Morgan fingerprint density at radius 3 is 2.83 bits per heavy atom. The molecule has 1 aromatic carbocycles. The minimum absolute atomic E-state index is 0.128. The molecule has 18 heavy (non-hydrogen) atoms. The molecule has 1 saturated carbocycles. The molecule has 3 nitrogen and oxygen atoms in total. The van der Waals surface area contributed by atoms with Crippen molar-refractivity contribution in [3.05, 3.63) is 36.0 Å². The van der Waals surface area contributed by atoms with Crippen molar-refractivity contribution in [2.24, 2.45) is 11.1 Å². The summed E-state index contributed by atoms with van der Waals surface area (Å²) in [5, 5.41) is 10.8. The molecule has 0 spiro atoms. The van der Waals surface area contributed by atoms with Crippen molar-refractivity contribution in [2.75, 3.05) is 6.54 Å². The summed E-state index contributed by atoms with van der Waals surface area (Å²) in [6.07, 6.45) is 5.81. The number of hydrogen-bond acceptors (Lipinski definition) is 2. The van der Waals surface area contributed by atoms with E-state index in [2.05, 4.69) is 29.4 Å². The second-order valence-electron chi connectivity index (χ2n) is 5.63. The van der Waals surface area contributed by atoms with E-state index in [-0.39, 0.29) is 11.5 Å². The van der Waals surface area contributed by atoms with Crippen LogP contribution in [0.5, 0.6) is 0 Å². The smallest absolute Gasteiger partial charge is 0.0551 e. The molecule has 1 heterocycles. The second-order valence-corrected chi connectivity index (χ2v) is 5.63. The number of hydrogen-bond donors (Lipinski definition) is 3. The van der Waals surface area contributed by atoms with Crippen LogP contribution in [0.25, 0.3) is 10.9 Å². The zero-order chi connectivity index (χ0) is 12.6. The fourth-order valence-electron chi connectivity index (χ4n) is 3.15. The fourth-order valence-corrected chi connectivity index (χ4v) is 3.15. The predicted octanol–water partition coefficient (Wildman–Crippen LogP) is 2.20. The van der Waals surface area contributed by atoms with Gasteiger partial charge in [-0.3, -0.25) is 0 Å². The number of para-hydroxylation sites is 1. The summed E-state index contributed by atoms with van der Waals surface area (Å²) in [7, 11) is 0. The van der Waals surface area contributed by atoms with Crippen LogP contribution in [0.1, 0.15) is 24.8 Å². The lowest BCUT2D eigenvalue weighted by atomic mass is 9.64. The molecule has 0 saturated heterocycles. The molecular formula is C15H20N2O. The molecule has 0 atom stereocenters. The molecule has 3 rings (SSSR count). The van der Waals surface area contributed by atoms with Crippen LogP contribution in [0.3, 0.4) is 0 Å². The van der Waals surface area contributed by atoms with E-state index in [0.717, 1.165) is 25.7 Å². The monoisotopic (exact) mass is 244 g/mol. The van der Waals surface area contributed by atoms with E-state index in [0.29, 0.717) is 6.54 Å². The Morgan fingerprint density at radius 1 is 1.33 bits per heavy atom. The van der Waals surface area contributed by atoms with E-state index in [4.69, 9.17) is 5.73 Å². The number of aryl methyl sites for hydroxylation is 1. The first-order valence-corrected chi connectivity index (χ1v) is 6.66. The Hall–Kier alpha value is -1.32. The molecule has 0 radical (unpaired) electrons. The number of benzene rings is 1. The molecule has 1 aliphatic rings. The number of aromatic nitrogens is 1. The van der Waals surface area contributed by atoms with Crippen LogP contribution in [-0.4, -0.2) is 22.7 Å². The van der Waals surface area contributed by atoms with Gasteiger partial charge in [-0.05, 0) is 49.3 Å². The Bertz CT molecular complexity index is 540. The number of nitrogens with one attached hydrogen (secondary N) is 1. The molecule has 0 amide bonds. The summed E-state index contributed by atoms with van der Waals surface area (Å²) in [4.78, 5) is 3.31. The SMILES string of the molecule is NCC1(CCc2c[nH]c3ccccc23)CC(O)C1. The Kier molecular flexibility index (Phi) is 2.88. The molecule has 0 unspecified atom stereocenters. The van der Waals surface area contributed by atoms with Gasteiger partial charge in [0.1, 0.15) is 0 Å². The Morgan fingerprint density at radius 2 is 2.11 bits per heavy atom. The van der Waals surface area contributed by atoms with Crippen LogP contribution in [0.4, 0.5) is 0 Å². The van der Waals surface area contributed by atoms with Crippen molar-refractivity contribution in [1.29, 1.82) is 0 Å². The maximum Gasteiger partial charge on any atom is 0.0551 e. The van der Waals surface area contributed by atoms with Crippen LogP contribution in [0.15, 0.2) is 30.5 Å². The van der Waals surface area contributed by atoms with Gasteiger partial charge in [-0.25, -0.2) is 0 Å². The third-order valence-electron chi connectivity index (χ3n) is 4.37. The van der Waals surface area contributed by atoms with Gasteiger partial charge in [0.05, 0.1) is 6.10 Å². The summed E-state index contributed by atoms with van der Waals surface area (Å²) < 4.78 is 0. The van der Waals surface area contributed by atoms with Crippen LogP contribution in [-0.2, 0) is 6.42 Å². The number of aromatic amines is 1. The third-order valence-corrected chi connectivity index (χ3v) is 4.37. The standard InChI is InChI=1S/C15H20N2O/c16-10-15(7-12(18)8-15)6-5-11-9-17-14-4-2-1-3-13(11)14/h1-4,9,12,17-18H,5-8,10,16H2. The van der Waals surface area contributed by atoms with Gasteiger partial charge in [-0.15, -0.1) is 0 Å². The fraction of sp³-hybridized carbons (Fsp3) is 0.467. The third kappa shape index (κ3) is 1.93. The molecule has 1 aliphatic carbocycles. The van der Waals surface area contributed by atoms with Gasteiger partial charge in [0, 0.05) is 17.1 Å². The summed E-state index contributed by atoms with van der Waals surface area (Å²) >= 11 is 0. The van der Waals surface area contributed by atoms with Crippen molar-refractivity contribution in [2.45, 2.75) is 31.8 Å². The molecule has 3 heteroatoms. The average molecular weight is 244 g/mol. The lowest BCUT2D eigenvalue weighted by Gasteiger charge is -2.45. The highest BCUT2D eigenvalue weighted by atomic mass is 16.3. The molecule has 1 aromatic heterocycles. The number of aliphatic hydroxyl groups is 1. The van der Waals surface area contributed by atoms with Crippen LogP contribution in [0.2, 0.25) is 0 Å². The minimum Gasteiger partial charge on any atom is -0.393 e. The molecule has 4 N–H and O–H groups in total. The van der Waals surface area contributed by atoms with Crippen molar-refractivity contribution in [3.63, 3.8) is 0 Å². The van der Waals surface area contributed by atoms with Crippen molar-refractivity contribution < 1.29 is 5.11 Å². The lowest BCUT2D eigenvalue weighted by Crippen LogP contribution is -2.46. The summed E-state index contributed by atoms with van der Waals surface area (Å²) in [5.74, 6) is 0. The predicted molar refractivity (Wildman–Crippen MR) is 73.3 cm³/mol. The first kappa shape index (κ1) is 11.8. The zero-order valence-corrected chi connectivity index (χ0v) is 10.5. The van der Waals surface area contributed by atoms with Gasteiger partial charge in [-0.1, -0.05) is 18.2 Å². The normalized spacial score (nSPS) is 27.3. The first-order chi connectivity index (χ1) is 8.72. The summed E-state index contributed by atoms with van der Waals surface area (Å²) in [6, 6.07) is 8.38. The van der Waals surface area contributed by atoms with Gasteiger partial charge in [0.2, 0.25) is 0 Å². The Balaban J connectivity index is 1.73. The molecular weight excluding hydrogens is 224 g/mol. The number of nitrogens with two attached hydrogens (primary N) is 1. The molecule has 96 valence electrons. The van der Waals surface area contributed by atoms with Gasteiger partial charge in [0.15, 0.2) is 0 Å². The number of rotatable bonds is 4. The van der Waals surface area contributed by atoms with E-state index in [9.17, 15) is 5.11 Å². The van der Waals surface area contributed by atoms with E-state index in [1.807, 2.05) is 6.07 Å². The van der Waals surface area contributed by atoms with Crippen molar-refractivity contribution >= 4 is 10.9 Å². The summed E-state index contributed by atoms with van der Waals surface area (Å²) in [6.45, 7) is 0.687. The van der Waals surface area contributed by atoms with E-state index < -0.39 is 0 Å². The van der Waals surface area contributed by atoms with Crippen molar-refractivity contribution in [3.8, 4) is 0 Å². The minimum atomic E-state index is -0.128. The average Bonchev–Trinajstić information content (AvgIpc) is 2.76. The van der Waals surface area contributed by atoms with Crippen LogP contribution in [0, 0.1) is 5.41 Å². The van der Waals surface area contributed by atoms with Gasteiger partial charge in [-0.2, -0.15) is 0 Å². The van der Waals surface area contributed by atoms with E-state index in [1.165, 1.54) is 16.5 Å². The van der Waals surface area contributed by atoms with Gasteiger partial charge >= 0.3 is 0 Å². The van der Waals surface area contributed by atoms with Crippen LogP contribution < -0.4 is 5.73 Å². The quantitative estimate of drug-likeness (QED) is 0.772. The van der Waals surface area contributed by atoms with Gasteiger partial charge in [0.25, 0.3) is 0 Å². The highest BCUT2D eigenvalue weighted by molar-refractivity contribution is 5.83. The number of aliphatic hydroxyl groups excluding tert-OH is 1. The van der Waals surface area contributed by atoms with Gasteiger partial charge < -0.3 is 15.8 Å². The maximum absolute atomic E-state index is 9.48. The number of H-pyrrole nitrogens is 1. The summed E-state index contributed by atoms with van der Waals surface area (Å²) in [5.41, 5.74) is 8.60. The molecule has 0 aliphatic heterocycles. The molecule has 1 fully saturated rings. The Labute approximate surface area is 107 Å². The van der Waals surface area contributed by atoms with Crippen molar-refractivity contribution in [1.82, 2.24) is 4.98 Å². The maximum atomic E-state index is 9.48.